The number of piperidine rings is 1. The molecule has 0 bridgehead atoms. The molecule has 6 nitrogen and oxygen atoms in total. The molecule has 1 aromatic rings. The number of hydrogen-bond donors (Lipinski definition) is 2. The van der Waals surface area contributed by atoms with Crippen LogP contribution < -0.4 is 10.1 Å². The first-order valence-corrected chi connectivity index (χ1v) is 7.52. The Balaban J connectivity index is 1.63. The predicted octanol–water partition coefficient (Wildman–Crippen LogP) is 0.978. The van der Waals surface area contributed by atoms with E-state index in [9.17, 15) is 9.59 Å². The summed E-state index contributed by atoms with van der Waals surface area (Å²) < 4.78 is 5.76. The molecular formula is C16H22N2O4. The SMILES string of the molecule is O=C(O)CNC(=O)CN1CCC(COc2ccccc2)CC1. The summed E-state index contributed by atoms with van der Waals surface area (Å²) in [4.78, 5) is 24.0. The highest BCUT2D eigenvalue weighted by atomic mass is 16.5. The predicted molar refractivity (Wildman–Crippen MR) is 81.7 cm³/mol. The Labute approximate surface area is 130 Å². The lowest BCUT2D eigenvalue weighted by Crippen LogP contribution is -2.43. The van der Waals surface area contributed by atoms with Crippen molar-refractivity contribution in [2.75, 3.05) is 32.8 Å². The molecule has 0 aromatic heterocycles. The van der Waals surface area contributed by atoms with E-state index in [1.165, 1.54) is 0 Å². The van der Waals surface area contributed by atoms with Crippen LogP contribution in [0.15, 0.2) is 30.3 Å². The van der Waals surface area contributed by atoms with Gasteiger partial charge in [0, 0.05) is 0 Å². The fourth-order valence-electron chi connectivity index (χ4n) is 2.48. The second-order valence-corrected chi connectivity index (χ2v) is 5.51. The van der Waals surface area contributed by atoms with Gasteiger partial charge < -0.3 is 15.2 Å². The van der Waals surface area contributed by atoms with E-state index in [1.54, 1.807) is 0 Å². The molecular weight excluding hydrogens is 284 g/mol. The molecule has 1 heterocycles. The van der Waals surface area contributed by atoms with Gasteiger partial charge >= 0.3 is 5.97 Å². The van der Waals surface area contributed by atoms with Crippen LogP contribution in [0.4, 0.5) is 0 Å². The molecule has 0 aliphatic carbocycles. The smallest absolute Gasteiger partial charge is 0.322 e. The summed E-state index contributed by atoms with van der Waals surface area (Å²) >= 11 is 0. The maximum Gasteiger partial charge on any atom is 0.322 e. The number of carbonyl (C=O) groups excluding carboxylic acids is 1. The maximum absolute atomic E-state index is 11.6. The number of aliphatic carboxylic acids is 1. The van der Waals surface area contributed by atoms with Crippen LogP contribution in [0, 0.1) is 5.92 Å². The van der Waals surface area contributed by atoms with E-state index >= 15 is 0 Å². The number of carboxylic acid groups (broad SMARTS) is 1. The third-order valence-electron chi connectivity index (χ3n) is 3.74. The van der Waals surface area contributed by atoms with Gasteiger partial charge in [0.2, 0.25) is 5.91 Å². The standard InChI is InChI=1S/C16H22N2O4/c19-15(17-10-16(20)21)11-18-8-6-13(7-9-18)12-22-14-4-2-1-3-5-14/h1-5,13H,6-12H2,(H,17,19)(H,20,21). The van der Waals surface area contributed by atoms with Crippen LogP contribution >= 0.6 is 0 Å². The minimum Gasteiger partial charge on any atom is -0.493 e. The minimum atomic E-state index is -1.02. The molecule has 1 aliphatic heterocycles. The second-order valence-electron chi connectivity index (χ2n) is 5.51. The number of rotatable bonds is 7. The number of para-hydroxylation sites is 1. The number of nitrogens with zero attached hydrogens (tertiary/aromatic N) is 1. The van der Waals surface area contributed by atoms with Crippen LogP contribution in [-0.2, 0) is 9.59 Å². The summed E-state index contributed by atoms with van der Waals surface area (Å²) in [5.41, 5.74) is 0. The zero-order valence-electron chi connectivity index (χ0n) is 12.5. The van der Waals surface area contributed by atoms with Gasteiger partial charge in [-0.15, -0.1) is 0 Å². The zero-order valence-corrected chi connectivity index (χ0v) is 12.5. The van der Waals surface area contributed by atoms with Crippen molar-refractivity contribution in [2.24, 2.45) is 5.92 Å². The van der Waals surface area contributed by atoms with Crippen molar-refractivity contribution < 1.29 is 19.4 Å². The average molecular weight is 306 g/mol. The third kappa shape index (κ3) is 5.73. The van der Waals surface area contributed by atoms with Gasteiger partial charge in [-0.1, -0.05) is 18.2 Å². The molecule has 1 amide bonds. The summed E-state index contributed by atoms with van der Waals surface area (Å²) in [6.45, 7) is 2.31. The highest BCUT2D eigenvalue weighted by molar-refractivity contribution is 5.82. The highest BCUT2D eigenvalue weighted by Crippen LogP contribution is 2.19. The van der Waals surface area contributed by atoms with E-state index in [1.807, 2.05) is 30.3 Å². The molecule has 2 N–H and O–H groups in total. The molecule has 1 aromatic carbocycles. The lowest BCUT2D eigenvalue weighted by Gasteiger charge is -2.31. The van der Waals surface area contributed by atoms with Crippen molar-refractivity contribution in [2.45, 2.75) is 12.8 Å². The van der Waals surface area contributed by atoms with Crippen LogP contribution in [0.3, 0.4) is 0 Å². The van der Waals surface area contributed by atoms with Crippen LogP contribution in [-0.4, -0.2) is 54.7 Å². The Morgan fingerprint density at radius 3 is 2.55 bits per heavy atom. The van der Waals surface area contributed by atoms with E-state index < -0.39 is 5.97 Å². The number of ether oxygens (including phenoxy) is 1. The van der Waals surface area contributed by atoms with E-state index in [2.05, 4.69) is 10.2 Å². The Bertz CT molecular complexity index is 484. The number of benzene rings is 1. The first-order valence-electron chi connectivity index (χ1n) is 7.52. The van der Waals surface area contributed by atoms with Crippen molar-refractivity contribution >= 4 is 11.9 Å². The number of carboxylic acids is 1. The zero-order chi connectivity index (χ0) is 15.8. The largest absolute Gasteiger partial charge is 0.493 e. The van der Waals surface area contributed by atoms with Crippen LogP contribution in [0.2, 0.25) is 0 Å². The van der Waals surface area contributed by atoms with E-state index in [4.69, 9.17) is 9.84 Å². The van der Waals surface area contributed by atoms with Gasteiger partial charge in [-0.25, -0.2) is 0 Å². The molecule has 0 unspecified atom stereocenters. The fraction of sp³-hybridized carbons (Fsp3) is 0.500. The Kier molecular flexibility index (Phi) is 6.21. The molecule has 1 aliphatic rings. The second kappa shape index (κ2) is 8.38. The monoisotopic (exact) mass is 306 g/mol. The first-order chi connectivity index (χ1) is 10.6. The van der Waals surface area contributed by atoms with Crippen LogP contribution in [0.1, 0.15) is 12.8 Å². The first kappa shape index (κ1) is 16.3. The summed E-state index contributed by atoms with van der Waals surface area (Å²) in [7, 11) is 0. The summed E-state index contributed by atoms with van der Waals surface area (Å²) in [5.74, 6) is 0.128. The molecule has 0 saturated carbocycles. The van der Waals surface area contributed by atoms with Gasteiger partial charge in [-0.05, 0) is 44.0 Å². The summed E-state index contributed by atoms with van der Waals surface area (Å²) in [6.07, 6.45) is 1.97. The summed E-state index contributed by atoms with van der Waals surface area (Å²) in [6, 6.07) is 9.76. The van der Waals surface area contributed by atoms with Crippen molar-refractivity contribution in [3.8, 4) is 5.75 Å². The normalized spacial score (nSPS) is 16.2. The van der Waals surface area contributed by atoms with Gasteiger partial charge in [0.1, 0.15) is 12.3 Å². The van der Waals surface area contributed by atoms with Crippen molar-refractivity contribution in [1.29, 1.82) is 0 Å². The van der Waals surface area contributed by atoms with E-state index in [-0.39, 0.29) is 19.0 Å². The van der Waals surface area contributed by atoms with Gasteiger partial charge in [0.15, 0.2) is 0 Å². The van der Waals surface area contributed by atoms with E-state index in [0.29, 0.717) is 12.5 Å². The van der Waals surface area contributed by atoms with Gasteiger partial charge in [0.05, 0.1) is 13.2 Å². The number of likely N-dealkylation sites (tertiary alicyclic amines) is 1. The van der Waals surface area contributed by atoms with Gasteiger partial charge in [-0.2, -0.15) is 0 Å². The highest BCUT2D eigenvalue weighted by Gasteiger charge is 2.21. The maximum atomic E-state index is 11.6. The number of nitrogens with one attached hydrogen (secondary N) is 1. The molecule has 2 rings (SSSR count). The third-order valence-corrected chi connectivity index (χ3v) is 3.74. The molecule has 1 fully saturated rings. The molecule has 0 atom stereocenters. The van der Waals surface area contributed by atoms with Crippen molar-refractivity contribution in [3.63, 3.8) is 0 Å². The number of carbonyl (C=O) groups is 2. The molecule has 1 saturated heterocycles. The lowest BCUT2D eigenvalue weighted by molar-refractivity contribution is -0.138. The van der Waals surface area contributed by atoms with Gasteiger partial charge in [0.25, 0.3) is 0 Å². The van der Waals surface area contributed by atoms with Gasteiger partial charge in [-0.3, -0.25) is 14.5 Å². The van der Waals surface area contributed by atoms with E-state index in [0.717, 1.165) is 31.7 Å². The molecule has 0 radical (unpaired) electrons. The molecule has 120 valence electrons. The fourth-order valence-corrected chi connectivity index (χ4v) is 2.48. The van der Waals surface area contributed by atoms with Crippen molar-refractivity contribution in [3.05, 3.63) is 30.3 Å². The molecule has 6 heteroatoms. The quantitative estimate of drug-likeness (QED) is 0.785. The minimum absolute atomic E-state index is 0.235. The van der Waals surface area contributed by atoms with Crippen molar-refractivity contribution in [1.82, 2.24) is 10.2 Å². The average Bonchev–Trinajstić information content (AvgIpc) is 2.53. The topological polar surface area (TPSA) is 78.9 Å². The number of hydrogen-bond acceptors (Lipinski definition) is 4. The van der Waals surface area contributed by atoms with Crippen LogP contribution in [0.25, 0.3) is 0 Å². The Morgan fingerprint density at radius 2 is 1.91 bits per heavy atom. The van der Waals surface area contributed by atoms with Crippen LogP contribution in [0.5, 0.6) is 5.75 Å². The molecule has 0 spiro atoms. The Morgan fingerprint density at radius 1 is 1.23 bits per heavy atom. The summed E-state index contributed by atoms with van der Waals surface area (Å²) in [5, 5.41) is 10.9. The Hall–Kier alpha value is -2.08. The number of amides is 1. The molecule has 22 heavy (non-hydrogen) atoms. The lowest BCUT2D eigenvalue weighted by atomic mass is 9.98.